The molecule has 182 valence electrons. The summed E-state index contributed by atoms with van der Waals surface area (Å²) >= 11 is 4.86. The number of nitrogens with zero attached hydrogens (tertiary/aromatic N) is 2. The Hall–Kier alpha value is -3.54. The fourth-order valence-corrected chi connectivity index (χ4v) is 4.72. The second kappa shape index (κ2) is 11.5. The zero-order chi connectivity index (χ0) is 25.7. The number of halogens is 1. The fourth-order valence-electron chi connectivity index (χ4n) is 3.65. The van der Waals surface area contributed by atoms with E-state index in [1.165, 1.54) is 11.8 Å². The summed E-state index contributed by atoms with van der Waals surface area (Å²) in [7, 11) is 0. The number of ether oxygens (including phenoxy) is 2. The van der Waals surface area contributed by atoms with Crippen LogP contribution in [0.15, 0.2) is 69.0 Å². The number of thioether (sulfide) groups is 1. The standard InChI is InChI=1S/C28H24BrN3O3S/c1-4-34-24-13-19(9-10-23(24)35-16-21-8-6-5-7-20(21)15-30)14-25-27(33)32-28(36-25)31-22-11-17(2)26(29)18(3)12-22/h5-14H,4,16H2,1-3H3,(H,31,32,33)/b25-14-. The van der Waals surface area contributed by atoms with Crippen molar-refractivity contribution in [1.82, 2.24) is 5.32 Å². The minimum Gasteiger partial charge on any atom is -0.490 e. The SMILES string of the molecule is CCOc1cc(/C=C2\SC(=Nc3cc(C)c(Br)c(C)c3)NC2=O)ccc1OCc1ccccc1C#N. The van der Waals surface area contributed by atoms with Gasteiger partial charge in [-0.1, -0.05) is 40.2 Å². The second-order valence-corrected chi connectivity index (χ2v) is 9.90. The normalized spacial score (nSPS) is 15.1. The molecule has 0 saturated carbocycles. The van der Waals surface area contributed by atoms with Crippen LogP contribution in [-0.4, -0.2) is 17.7 Å². The van der Waals surface area contributed by atoms with Crippen LogP contribution in [-0.2, 0) is 11.4 Å². The lowest BCUT2D eigenvalue weighted by Crippen LogP contribution is -2.19. The fraction of sp³-hybridized carbons (Fsp3) is 0.179. The molecule has 1 N–H and O–H groups in total. The molecule has 1 aliphatic heterocycles. The number of hydrogen-bond donors (Lipinski definition) is 1. The van der Waals surface area contributed by atoms with Gasteiger partial charge in [-0.3, -0.25) is 4.79 Å². The predicted octanol–water partition coefficient (Wildman–Crippen LogP) is 6.81. The van der Waals surface area contributed by atoms with Crippen molar-refractivity contribution >= 4 is 50.5 Å². The minimum absolute atomic E-state index is 0.198. The van der Waals surface area contributed by atoms with Gasteiger partial charge in [-0.15, -0.1) is 0 Å². The first-order valence-corrected chi connectivity index (χ1v) is 12.9. The Kier molecular flexibility index (Phi) is 8.14. The Morgan fingerprint density at radius 2 is 1.83 bits per heavy atom. The molecular formula is C28H24BrN3O3S. The topological polar surface area (TPSA) is 83.7 Å². The van der Waals surface area contributed by atoms with Crippen LogP contribution in [0.3, 0.4) is 0 Å². The van der Waals surface area contributed by atoms with Crippen molar-refractivity contribution in [1.29, 1.82) is 5.26 Å². The van der Waals surface area contributed by atoms with Gasteiger partial charge < -0.3 is 14.8 Å². The lowest BCUT2D eigenvalue weighted by molar-refractivity contribution is -0.115. The maximum absolute atomic E-state index is 12.6. The second-order valence-electron chi connectivity index (χ2n) is 8.07. The van der Waals surface area contributed by atoms with Crippen LogP contribution in [0.25, 0.3) is 6.08 Å². The van der Waals surface area contributed by atoms with E-state index in [-0.39, 0.29) is 12.5 Å². The summed E-state index contributed by atoms with van der Waals surface area (Å²) in [5, 5.41) is 12.7. The number of carbonyl (C=O) groups excluding carboxylic acids is 1. The molecule has 1 fully saturated rings. The molecule has 1 aliphatic rings. The monoisotopic (exact) mass is 561 g/mol. The van der Waals surface area contributed by atoms with Crippen LogP contribution in [0.5, 0.6) is 11.5 Å². The van der Waals surface area contributed by atoms with Crippen molar-refractivity contribution in [3.8, 4) is 17.6 Å². The number of hydrogen-bond acceptors (Lipinski definition) is 6. The Bertz CT molecular complexity index is 1400. The highest BCUT2D eigenvalue weighted by molar-refractivity contribution is 9.10. The third-order valence-corrected chi connectivity index (χ3v) is 7.55. The van der Waals surface area contributed by atoms with Gasteiger partial charge in [-0.05, 0) is 85.6 Å². The van der Waals surface area contributed by atoms with Crippen molar-refractivity contribution in [2.24, 2.45) is 4.99 Å². The van der Waals surface area contributed by atoms with Crippen molar-refractivity contribution in [3.63, 3.8) is 0 Å². The van der Waals surface area contributed by atoms with Gasteiger partial charge in [0.25, 0.3) is 5.91 Å². The number of amidine groups is 1. The number of rotatable bonds is 7. The lowest BCUT2D eigenvalue weighted by atomic mass is 10.1. The molecule has 0 unspecified atom stereocenters. The molecule has 0 aromatic heterocycles. The van der Waals surface area contributed by atoms with Crippen LogP contribution in [0.2, 0.25) is 0 Å². The summed E-state index contributed by atoms with van der Waals surface area (Å²) in [6.45, 7) is 6.63. The van der Waals surface area contributed by atoms with E-state index >= 15 is 0 Å². The van der Waals surface area contributed by atoms with Crippen molar-refractivity contribution in [2.45, 2.75) is 27.4 Å². The number of amides is 1. The third kappa shape index (κ3) is 5.99. The van der Waals surface area contributed by atoms with Crippen LogP contribution in [0.1, 0.15) is 34.7 Å². The molecule has 0 aliphatic carbocycles. The first-order valence-electron chi connectivity index (χ1n) is 11.3. The molecule has 4 rings (SSSR count). The zero-order valence-corrected chi connectivity index (χ0v) is 22.5. The van der Waals surface area contributed by atoms with Gasteiger partial charge in [0, 0.05) is 10.0 Å². The summed E-state index contributed by atoms with van der Waals surface area (Å²) in [6.07, 6.45) is 1.80. The molecule has 0 bridgehead atoms. The number of aryl methyl sites for hydroxylation is 2. The highest BCUT2D eigenvalue weighted by Crippen LogP contribution is 2.34. The van der Waals surface area contributed by atoms with E-state index in [0.717, 1.165) is 32.4 Å². The van der Waals surface area contributed by atoms with Crippen LogP contribution < -0.4 is 14.8 Å². The first kappa shape index (κ1) is 25.5. The summed E-state index contributed by atoms with van der Waals surface area (Å²) in [5.74, 6) is 0.939. The van der Waals surface area contributed by atoms with Gasteiger partial charge in [0.05, 0.1) is 28.8 Å². The average Bonchev–Trinajstić information content (AvgIpc) is 3.20. The number of nitrogens with one attached hydrogen (secondary N) is 1. The van der Waals surface area contributed by atoms with E-state index in [2.05, 4.69) is 32.3 Å². The minimum atomic E-state index is -0.198. The first-order chi connectivity index (χ1) is 17.4. The van der Waals surface area contributed by atoms with Crippen molar-refractivity contribution in [2.75, 3.05) is 6.61 Å². The predicted molar refractivity (Wildman–Crippen MR) is 148 cm³/mol. The highest BCUT2D eigenvalue weighted by Gasteiger charge is 2.24. The molecule has 36 heavy (non-hydrogen) atoms. The van der Waals surface area contributed by atoms with E-state index in [4.69, 9.17) is 9.47 Å². The molecule has 0 atom stereocenters. The van der Waals surface area contributed by atoms with Gasteiger partial charge in [0.2, 0.25) is 0 Å². The van der Waals surface area contributed by atoms with Crippen LogP contribution in [0.4, 0.5) is 5.69 Å². The summed E-state index contributed by atoms with van der Waals surface area (Å²) in [4.78, 5) is 17.7. The molecule has 8 heteroatoms. The van der Waals surface area contributed by atoms with E-state index in [1.807, 2.05) is 69.3 Å². The summed E-state index contributed by atoms with van der Waals surface area (Å²) in [6, 6.07) is 19.0. The molecule has 6 nitrogen and oxygen atoms in total. The Labute approximate surface area is 223 Å². The van der Waals surface area contributed by atoms with Gasteiger partial charge in [0.15, 0.2) is 16.7 Å². The quantitative estimate of drug-likeness (QED) is 0.320. The number of nitriles is 1. The number of aliphatic imine (C=N–C) groups is 1. The smallest absolute Gasteiger partial charge is 0.264 e. The van der Waals surface area contributed by atoms with E-state index in [1.54, 1.807) is 12.1 Å². The molecule has 0 spiro atoms. The third-order valence-electron chi connectivity index (χ3n) is 5.39. The van der Waals surface area contributed by atoms with Crippen molar-refractivity contribution in [3.05, 3.63) is 91.8 Å². The maximum atomic E-state index is 12.6. The molecule has 1 amide bonds. The number of carbonyl (C=O) groups is 1. The maximum Gasteiger partial charge on any atom is 0.264 e. The molecule has 3 aromatic carbocycles. The van der Waals surface area contributed by atoms with Gasteiger partial charge in [-0.25, -0.2) is 4.99 Å². The van der Waals surface area contributed by atoms with E-state index < -0.39 is 0 Å². The highest BCUT2D eigenvalue weighted by atomic mass is 79.9. The van der Waals surface area contributed by atoms with Gasteiger partial charge in [-0.2, -0.15) is 5.26 Å². The lowest BCUT2D eigenvalue weighted by Gasteiger charge is -2.13. The van der Waals surface area contributed by atoms with Crippen LogP contribution in [0, 0.1) is 25.2 Å². The van der Waals surface area contributed by atoms with Crippen LogP contribution >= 0.6 is 27.7 Å². The van der Waals surface area contributed by atoms with E-state index in [0.29, 0.717) is 33.7 Å². The Morgan fingerprint density at radius 3 is 2.56 bits per heavy atom. The zero-order valence-electron chi connectivity index (χ0n) is 20.1. The summed E-state index contributed by atoms with van der Waals surface area (Å²) < 4.78 is 12.8. The van der Waals surface area contributed by atoms with Gasteiger partial charge >= 0.3 is 0 Å². The van der Waals surface area contributed by atoms with Gasteiger partial charge in [0.1, 0.15) is 6.61 Å². The largest absolute Gasteiger partial charge is 0.490 e. The molecule has 0 radical (unpaired) electrons. The molecule has 3 aromatic rings. The van der Waals surface area contributed by atoms with E-state index in [9.17, 15) is 10.1 Å². The Morgan fingerprint density at radius 1 is 1.08 bits per heavy atom. The molecule has 1 saturated heterocycles. The Balaban J connectivity index is 1.53. The van der Waals surface area contributed by atoms with Crippen molar-refractivity contribution < 1.29 is 14.3 Å². The average molecular weight is 562 g/mol. The summed E-state index contributed by atoms with van der Waals surface area (Å²) in [5.41, 5.74) is 5.14. The number of benzene rings is 3. The molecular weight excluding hydrogens is 538 g/mol. The molecule has 1 heterocycles.